The van der Waals surface area contributed by atoms with Crippen LogP contribution in [0.2, 0.25) is 0 Å². The third-order valence-electron chi connectivity index (χ3n) is 1.88. The molecule has 0 amide bonds. The Bertz CT molecular complexity index is 303. The topological polar surface area (TPSA) is 0 Å². The Labute approximate surface area is 107 Å². The molecule has 0 aromatic heterocycles. The first-order valence-corrected chi connectivity index (χ1v) is 4.82. The first kappa shape index (κ1) is 14.1. The van der Waals surface area contributed by atoms with E-state index < -0.39 is 0 Å². The average Bonchev–Trinajstić information content (AvgIpc) is 2.21. The molecule has 0 heterocycles. The van der Waals surface area contributed by atoms with Gasteiger partial charge in [0.05, 0.1) is 0 Å². The molecule has 0 aliphatic heterocycles. The van der Waals surface area contributed by atoms with E-state index in [4.69, 9.17) is 0 Å². The van der Waals surface area contributed by atoms with E-state index in [-0.39, 0.29) is 21.1 Å². The van der Waals surface area contributed by atoms with E-state index in [1.807, 2.05) is 36.4 Å². The summed E-state index contributed by atoms with van der Waals surface area (Å²) >= 11 is 0. The van der Waals surface area contributed by atoms with Crippen molar-refractivity contribution in [1.29, 1.82) is 0 Å². The summed E-state index contributed by atoms with van der Waals surface area (Å²) in [6.07, 6.45) is 0. The van der Waals surface area contributed by atoms with E-state index in [2.05, 4.69) is 38.1 Å². The normalized spacial score (nSPS) is 8.13. The van der Waals surface area contributed by atoms with Crippen molar-refractivity contribution in [3.8, 4) is 0 Å². The monoisotopic (exact) mass is 282 g/mol. The van der Waals surface area contributed by atoms with Gasteiger partial charge in [0.1, 0.15) is 0 Å². The fourth-order valence-corrected chi connectivity index (χ4v) is 1.07. The fourth-order valence-electron chi connectivity index (χ4n) is 1.07. The molecule has 0 spiro atoms. The molecule has 0 radical (unpaired) electrons. The van der Waals surface area contributed by atoms with Crippen LogP contribution in [0.4, 0.5) is 0 Å². The molecular weight excluding hydrogens is 264 g/mol. The van der Waals surface area contributed by atoms with Crippen molar-refractivity contribution in [1.82, 2.24) is 0 Å². The Morgan fingerprint density at radius 2 is 0.800 bits per heavy atom. The Balaban J connectivity index is 0.000000245. The minimum atomic E-state index is 0. The molecule has 0 aliphatic carbocycles. The molecule has 2 aromatic carbocycles. The molecule has 0 nitrogen and oxygen atoms in total. The van der Waals surface area contributed by atoms with E-state index in [9.17, 15) is 0 Å². The second-order valence-electron chi connectivity index (χ2n) is 3.31. The summed E-state index contributed by atoms with van der Waals surface area (Å²) in [5.41, 5.74) is 2.64. The van der Waals surface area contributed by atoms with Gasteiger partial charge in [-0.2, -0.15) is 0 Å². The maximum atomic E-state index is 2.08. The molecule has 1 heteroatoms. The molecule has 0 fully saturated rings. The van der Waals surface area contributed by atoms with Crippen molar-refractivity contribution < 1.29 is 21.1 Å². The van der Waals surface area contributed by atoms with Crippen molar-refractivity contribution in [3.05, 3.63) is 71.8 Å². The molecule has 0 N–H and O–H groups in total. The summed E-state index contributed by atoms with van der Waals surface area (Å²) in [5, 5.41) is 0. The number of benzene rings is 2. The molecule has 2 rings (SSSR count). The molecule has 0 unspecified atom stereocenters. The van der Waals surface area contributed by atoms with Crippen LogP contribution >= 0.6 is 0 Å². The van der Waals surface area contributed by atoms with Crippen LogP contribution in [0.25, 0.3) is 0 Å². The van der Waals surface area contributed by atoms with Crippen LogP contribution in [0.3, 0.4) is 0 Å². The SMILES string of the molecule is Cc1ccccc1.Cc1ccccc1.[Mo]. The van der Waals surface area contributed by atoms with Crippen LogP contribution in [0, 0.1) is 13.8 Å². The first-order chi connectivity index (χ1) is 6.79. The number of rotatable bonds is 0. The quantitative estimate of drug-likeness (QED) is 0.640. The molecule has 0 bridgehead atoms. The van der Waals surface area contributed by atoms with Gasteiger partial charge in [0.15, 0.2) is 0 Å². The van der Waals surface area contributed by atoms with Gasteiger partial charge < -0.3 is 0 Å². The number of hydrogen-bond donors (Lipinski definition) is 0. The standard InChI is InChI=1S/2C7H8.Mo/c2*1-7-5-3-2-4-6-7;/h2*2-6H,1H3;. The van der Waals surface area contributed by atoms with Crippen LogP contribution in [-0.2, 0) is 21.1 Å². The Morgan fingerprint density at radius 3 is 0.933 bits per heavy atom. The van der Waals surface area contributed by atoms with Crippen molar-refractivity contribution in [2.45, 2.75) is 13.8 Å². The van der Waals surface area contributed by atoms with Gasteiger partial charge >= 0.3 is 0 Å². The molecule has 0 atom stereocenters. The van der Waals surface area contributed by atoms with Gasteiger partial charge in [0.2, 0.25) is 0 Å². The molecule has 2 aromatic rings. The second-order valence-corrected chi connectivity index (χ2v) is 3.31. The van der Waals surface area contributed by atoms with E-state index in [1.165, 1.54) is 11.1 Å². The molecule has 0 saturated carbocycles. The molecule has 78 valence electrons. The molecular formula is C14H16Mo. The van der Waals surface area contributed by atoms with Crippen molar-refractivity contribution in [2.75, 3.05) is 0 Å². The summed E-state index contributed by atoms with van der Waals surface area (Å²) in [6.45, 7) is 4.17. The molecule has 15 heavy (non-hydrogen) atoms. The largest absolute Gasteiger partial charge is 0.0622 e. The zero-order valence-corrected chi connectivity index (χ0v) is 11.2. The minimum Gasteiger partial charge on any atom is -0.0622 e. The second kappa shape index (κ2) is 8.44. The minimum absolute atomic E-state index is 0. The summed E-state index contributed by atoms with van der Waals surface area (Å²) in [4.78, 5) is 0. The zero-order valence-electron chi connectivity index (χ0n) is 9.18. The summed E-state index contributed by atoms with van der Waals surface area (Å²) in [5.74, 6) is 0. The van der Waals surface area contributed by atoms with Gasteiger partial charge in [-0.1, -0.05) is 71.8 Å². The van der Waals surface area contributed by atoms with Gasteiger partial charge in [0, 0.05) is 21.1 Å². The van der Waals surface area contributed by atoms with Crippen LogP contribution in [0.15, 0.2) is 60.7 Å². The maximum Gasteiger partial charge on any atom is 0 e. The third-order valence-corrected chi connectivity index (χ3v) is 1.88. The molecule has 0 saturated heterocycles. The van der Waals surface area contributed by atoms with Gasteiger partial charge in [0.25, 0.3) is 0 Å². The average molecular weight is 280 g/mol. The van der Waals surface area contributed by atoms with Gasteiger partial charge in [-0.05, 0) is 13.8 Å². The Hall–Kier alpha value is -0.872. The van der Waals surface area contributed by atoms with Gasteiger partial charge in [-0.15, -0.1) is 0 Å². The van der Waals surface area contributed by atoms with Crippen molar-refractivity contribution >= 4 is 0 Å². The van der Waals surface area contributed by atoms with E-state index in [0.29, 0.717) is 0 Å². The number of hydrogen-bond acceptors (Lipinski definition) is 0. The van der Waals surface area contributed by atoms with E-state index in [1.54, 1.807) is 0 Å². The van der Waals surface area contributed by atoms with Crippen LogP contribution in [0.1, 0.15) is 11.1 Å². The number of aryl methyl sites for hydroxylation is 2. The van der Waals surface area contributed by atoms with Crippen LogP contribution in [-0.4, -0.2) is 0 Å². The summed E-state index contributed by atoms with van der Waals surface area (Å²) < 4.78 is 0. The van der Waals surface area contributed by atoms with Crippen molar-refractivity contribution in [2.24, 2.45) is 0 Å². The predicted molar refractivity (Wildman–Crippen MR) is 62.4 cm³/mol. The maximum absolute atomic E-state index is 2.08. The first-order valence-electron chi connectivity index (χ1n) is 4.82. The Morgan fingerprint density at radius 1 is 0.533 bits per heavy atom. The van der Waals surface area contributed by atoms with Crippen molar-refractivity contribution in [3.63, 3.8) is 0 Å². The summed E-state index contributed by atoms with van der Waals surface area (Å²) in [6, 6.07) is 20.5. The van der Waals surface area contributed by atoms with Gasteiger partial charge in [-0.25, -0.2) is 0 Å². The molecule has 0 aliphatic rings. The summed E-state index contributed by atoms with van der Waals surface area (Å²) in [7, 11) is 0. The van der Waals surface area contributed by atoms with E-state index >= 15 is 0 Å². The fraction of sp³-hybridized carbons (Fsp3) is 0.143. The van der Waals surface area contributed by atoms with Gasteiger partial charge in [-0.3, -0.25) is 0 Å². The predicted octanol–water partition coefficient (Wildman–Crippen LogP) is 3.99. The van der Waals surface area contributed by atoms with E-state index in [0.717, 1.165) is 0 Å². The zero-order chi connectivity index (χ0) is 10.2. The van der Waals surface area contributed by atoms with Crippen LogP contribution < -0.4 is 0 Å². The Kier molecular flexibility index (Phi) is 7.95. The van der Waals surface area contributed by atoms with Crippen LogP contribution in [0.5, 0.6) is 0 Å². The smallest absolute Gasteiger partial charge is 0 e. The third kappa shape index (κ3) is 7.10.